The molecule has 1 aromatic heterocycles. The Bertz CT molecular complexity index is 744. The molecule has 1 amide bonds. The smallest absolute Gasteiger partial charge is 0.305 e. The van der Waals surface area contributed by atoms with E-state index < -0.39 is 11.5 Å². The van der Waals surface area contributed by atoms with Gasteiger partial charge >= 0.3 is 5.97 Å². The van der Waals surface area contributed by atoms with Crippen molar-refractivity contribution < 1.29 is 19.4 Å². The zero-order chi connectivity index (χ0) is 16.4. The van der Waals surface area contributed by atoms with Crippen LogP contribution in [0, 0.1) is 6.92 Å². The van der Waals surface area contributed by atoms with Gasteiger partial charge in [-0.25, -0.2) is 0 Å². The summed E-state index contributed by atoms with van der Waals surface area (Å²) in [5.41, 5.74) is 1.71. The molecule has 122 valence electrons. The number of aryl methyl sites for hydroxylation is 1. The van der Waals surface area contributed by atoms with Gasteiger partial charge in [-0.3, -0.25) is 9.59 Å². The quantitative estimate of drug-likeness (QED) is 0.806. The number of carboxylic acids is 1. The average molecular weight is 316 g/mol. The number of hydrogen-bond donors (Lipinski definition) is 3. The summed E-state index contributed by atoms with van der Waals surface area (Å²) in [6, 6.07) is 7.72. The van der Waals surface area contributed by atoms with Crippen LogP contribution in [0.3, 0.4) is 0 Å². The Morgan fingerprint density at radius 1 is 1.30 bits per heavy atom. The molecule has 1 aliphatic rings. The molecule has 6 nitrogen and oxygen atoms in total. The highest BCUT2D eigenvalue weighted by Gasteiger charge is 2.36. The highest BCUT2D eigenvalue weighted by atomic mass is 16.5. The van der Waals surface area contributed by atoms with Gasteiger partial charge in [0.25, 0.3) is 5.91 Å². The second-order valence-electron chi connectivity index (χ2n) is 6.19. The molecule has 3 rings (SSSR count). The van der Waals surface area contributed by atoms with E-state index in [0.717, 1.165) is 16.5 Å². The SMILES string of the molecule is Cc1ccc2cc(C(=O)NC3(CC(=O)O)CCOCC3)[nH]c2c1. The topological polar surface area (TPSA) is 91.4 Å². The minimum absolute atomic E-state index is 0.0958. The molecule has 2 heterocycles. The molecule has 0 radical (unpaired) electrons. The number of amides is 1. The van der Waals surface area contributed by atoms with Gasteiger partial charge in [0.15, 0.2) is 0 Å². The van der Waals surface area contributed by atoms with E-state index in [1.807, 2.05) is 25.1 Å². The van der Waals surface area contributed by atoms with Crippen molar-refractivity contribution in [2.24, 2.45) is 0 Å². The molecule has 0 spiro atoms. The fourth-order valence-corrected chi connectivity index (χ4v) is 3.07. The summed E-state index contributed by atoms with van der Waals surface area (Å²) in [4.78, 5) is 26.9. The number of rotatable bonds is 4. The predicted molar refractivity (Wildman–Crippen MR) is 85.5 cm³/mol. The van der Waals surface area contributed by atoms with Crippen molar-refractivity contribution in [3.05, 3.63) is 35.5 Å². The van der Waals surface area contributed by atoms with Gasteiger partial charge in [-0.05, 0) is 37.5 Å². The molecule has 0 atom stereocenters. The summed E-state index contributed by atoms with van der Waals surface area (Å²) in [7, 11) is 0. The first-order valence-electron chi connectivity index (χ1n) is 7.69. The van der Waals surface area contributed by atoms with E-state index in [4.69, 9.17) is 9.84 Å². The maximum atomic E-state index is 12.6. The lowest BCUT2D eigenvalue weighted by atomic mass is 9.86. The van der Waals surface area contributed by atoms with Crippen LogP contribution in [-0.2, 0) is 9.53 Å². The van der Waals surface area contributed by atoms with Gasteiger partial charge in [-0.15, -0.1) is 0 Å². The summed E-state index contributed by atoms with van der Waals surface area (Å²) >= 11 is 0. The van der Waals surface area contributed by atoms with Crippen LogP contribution in [0.1, 0.15) is 35.3 Å². The van der Waals surface area contributed by atoms with Crippen molar-refractivity contribution in [2.75, 3.05) is 13.2 Å². The van der Waals surface area contributed by atoms with Crippen LogP contribution in [0.2, 0.25) is 0 Å². The number of benzene rings is 1. The van der Waals surface area contributed by atoms with Crippen LogP contribution in [0.15, 0.2) is 24.3 Å². The number of hydrogen-bond acceptors (Lipinski definition) is 3. The fourth-order valence-electron chi connectivity index (χ4n) is 3.07. The van der Waals surface area contributed by atoms with Crippen LogP contribution in [0.25, 0.3) is 10.9 Å². The molecule has 0 saturated carbocycles. The minimum Gasteiger partial charge on any atom is -0.481 e. The number of fused-ring (bicyclic) bond motifs is 1. The van der Waals surface area contributed by atoms with E-state index in [1.165, 1.54) is 0 Å². The number of carbonyl (C=O) groups excluding carboxylic acids is 1. The van der Waals surface area contributed by atoms with Crippen molar-refractivity contribution >= 4 is 22.8 Å². The molecule has 2 aromatic rings. The van der Waals surface area contributed by atoms with Gasteiger partial charge in [0, 0.05) is 24.1 Å². The first kappa shape index (κ1) is 15.6. The second-order valence-corrected chi connectivity index (χ2v) is 6.19. The van der Waals surface area contributed by atoms with Gasteiger partial charge < -0.3 is 20.1 Å². The Morgan fingerprint density at radius 3 is 2.74 bits per heavy atom. The lowest BCUT2D eigenvalue weighted by Gasteiger charge is -2.36. The zero-order valence-electron chi connectivity index (χ0n) is 13.0. The number of aliphatic carboxylic acids is 1. The fraction of sp³-hybridized carbons (Fsp3) is 0.412. The van der Waals surface area contributed by atoms with Crippen LogP contribution in [0.4, 0.5) is 0 Å². The molecule has 23 heavy (non-hydrogen) atoms. The third-order valence-corrected chi connectivity index (χ3v) is 4.34. The summed E-state index contributed by atoms with van der Waals surface area (Å²) in [5.74, 6) is -1.19. The maximum absolute atomic E-state index is 12.6. The van der Waals surface area contributed by atoms with E-state index in [0.29, 0.717) is 31.7 Å². The molecular formula is C17H20N2O4. The number of H-pyrrole nitrogens is 1. The van der Waals surface area contributed by atoms with Crippen LogP contribution < -0.4 is 5.32 Å². The third-order valence-electron chi connectivity index (χ3n) is 4.34. The average Bonchev–Trinajstić information content (AvgIpc) is 2.90. The number of aromatic nitrogens is 1. The molecule has 1 fully saturated rings. The Balaban J connectivity index is 1.83. The molecule has 1 saturated heterocycles. The Morgan fingerprint density at radius 2 is 2.04 bits per heavy atom. The van der Waals surface area contributed by atoms with Gasteiger partial charge in [0.05, 0.1) is 12.0 Å². The number of aromatic amines is 1. The van der Waals surface area contributed by atoms with Crippen molar-refractivity contribution in [1.82, 2.24) is 10.3 Å². The number of ether oxygens (including phenoxy) is 1. The molecule has 1 aliphatic heterocycles. The molecule has 0 unspecified atom stereocenters. The Kier molecular flexibility index (Phi) is 4.09. The number of carboxylic acid groups (broad SMARTS) is 1. The van der Waals surface area contributed by atoms with Crippen LogP contribution in [0.5, 0.6) is 0 Å². The minimum atomic E-state index is -0.917. The first-order chi connectivity index (χ1) is 11.0. The lowest BCUT2D eigenvalue weighted by molar-refractivity contribution is -0.139. The van der Waals surface area contributed by atoms with Crippen molar-refractivity contribution in [1.29, 1.82) is 0 Å². The first-order valence-corrected chi connectivity index (χ1v) is 7.69. The second kappa shape index (κ2) is 6.04. The van der Waals surface area contributed by atoms with Crippen molar-refractivity contribution in [3.8, 4) is 0 Å². The van der Waals surface area contributed by atoms with Gasteiger partial charge in [0.1, 0.15) is 5.69 Å². The summed E-state index contributed by atoms with van der Waals surface area (Å²) < 4.78 is 5.30. The zero-order valence-corrected chi connectivity index (χ0v) is 13.0. The highest BCUT2D eigenvalue weighted by molar-refractivity contribution is 5.98. The maximum Gasteiger partial charge on any atom is 0.305 e. The number of nitrogens with one attached hydrogen (secondary N) is 2. The lowest BCUT2D eigenvalue weighted by Crippen LogP contribution is -2.53. The molecule has 1 aromatic carbocycles. The third kappa shape index (κ3) is 3.37. The van der Waals surface area contributed by atoms with Crippen molar-refractivity contribution in [2.45, 2.75) is 31.7 Å². The number of carbonyl (C=O) groups is 2. The van der Waals surface area contributed by atoms with E-state index in [-0.39, 0.29) is 12.3 Å². The predicted octanol–water partition coefficient (Wildman–Crippen LogP) is 2.23. The summed E-state index contributed by atoms with van der Waals surface area (Å²) in [5, 5.41) is 13.0. The van der Waals surface area contributed by atoms with Gasteiger partial charge in [0.2, 0.25) is 0 Å². The Labute approximate surface area is 133 Å². The van der Waals surface area contributed by atoms with E-state index in [2.05, 4.69) is 10.3 Å². The molecule has 0 bridgehead atoms. The van der Waals surface area contributed by atoms with Gasteiger partial charge in [-0.1, -0.05) is 12.1 Å². The Hall–Kier alpha value is -2.34. The molecule has 6 heteroatoms. The van der Waals surface area contributed by atoms with Crippen LogP contribution in [-0.4, -0.2) is 40.7 Å². The largest absolute Gasteiger partial charge is 0.481 e. The summed E-state index contributed by atoms with van der Waals surface area (Å²) in [6.45, 7) is 2.91. The molecular weight excluding hydrogens is 296 g/mol. The highest BCUT2D eigenvalue weighted by Crippen LogP contribution is 2.26. The molecule has 3 N–H and O–H groups in total. The standard InChI is InChI=1S/C17H20N2O4/c1-11-2-3-12-9-14(18-13(12)8-11)16(22)19-17(10-15(20)21)4-6-23-7-5-17/h2-3,8-9,18H,4-7,10H2,1H3,(H,19,22)(H,20,21). The van der Waals surface area contributed by atoms with E-state index in [1.54, 1.807) is 6.07 Å². The molecule has 0 aliphatic carbocycles. The van der Waals surface area contributed by atoms with Crippen molar-refractivity contribution in [3.63, 3.8) is 0 Å². The normalized spacial score (nSPS) is 17.1. The van der Waals surface area contributed by atoms with E-state index >= 15 is 0 Å². The summed E-state index contributed by atoms with van der Waals surface area (Å²) in [6.07, 6.45) is 0.913. The van der Waals surface area contributed by atoms with Gasteiger partial charge in [-0.2, -0.15) is 0 Å². The van der Waals surface area contributed by atoms with E-state index in [9.17, 15) is 9.59 Å². The van der Waals surface area contributed by atoms with Crippen LogP contribution >= 0.6 is 0 Å². The monoisotopic (exact) mass is 316 g/mol.